The molecule has 0 atom stereocenters. The lowest BCUT2D eigenvalue weighted by atomic mass is 10.4. The van der Waals surface area contributed by atoms with E-state index in [0.29, 0.717) is 6.29 Å². The summed E-state index contributed by atoms with van der Waals surface area (Å²) in [6, 6.07) is -0.140. The summed E-state index contributed by atoms with van der Waals surface area (Å²) >= 11 is 0. The first kappa shape index (κ1) is 11.8. The minimum absolute atomic E-state index is 0.0235. The third kappa shape index (κ3) is 3.15. The van der Waals surface area contributed by atoms with Gasteiger partial charge in [0.15, 0.2) is 6.29 Å². The molecule has 0 spiro atoms. The fourth-order valence-corrected chi connectivity index (χ4v) is 1.48. The maximum Gasteiger partial charge on any atom is 0.406 e. The summed E-state index contributed by atoms with van der Waals surface area (Å²) in [5.74, 6) is 0.0235. The maximum atomic E-state index is 12.4. The molecule has 0 aliphatic heterocycles. The van der Waals surface area contributed by atoms with Crippen LogP contribution in [0, 0.1) is 0 Å². The van der Waals surface area contributed by atoms with E-state index in [-0.39, 0.29) is 17.6 Å². The summed E-state index contributed by atoms with van der Waals surface area (Å²) in [7, 11) is 0. The van der Waals surface area contributed by atoms with E-state index in [1.165, 1.54) is 12.4 Å². The number of anilines is 1. The molecule has 0 bridgehead atoms. The Labute approximate surface area is 95.5 Å². The number of hydrogen-bond acceptors (Lipinski definition) is 4. The Morgan fingerprint density at radius 2 is 1.94 bits per heavy atom. The van der Waals surface area contributed by atoms with Crippen molar-refractivity contribution in [3.8, 4) is 0 Å². The lowest BCUT2D eigenvalue weighted by Crippen LogP contribution is -2.37. The summed E-state index contributed by atoms with van der Waals surface area (Å²) in [5, 5.41) is 0. The molecule has 1 saturated carbocycles. The molecular formula is C10H10F3N3O. The van der Waals surface area contributed by atoms with Crippen molar-refractivity contribution in [2.45, 2.75) is 25.1 Å². The molecule has 17 heavy (non-hydrogen) atoms. The van der Waals surface area contributed by atoms with Crippen molar-refractivity contribution in [2.24, 2.45) is 0 Å². The number of alkyl halides is 3. The number of nitrogens with zero attached hydrogens (tertiary/aromatic N) is 3. The van der Waals surface area contributed by atoms with E-state index >= 15 is 0 Å². The lowest BCUT2D eigenvalue weighted by Gasteiger charge is -2.23. The molecule has 1 aromatic heterocycles. The molecule has 92 valence electrons. The van der Waals surface area contributed by atoms with Crippen LogP contribution in [-0.2, 0) is 0 Å². The Bertz CT molecular complexity index is 400. The quantitative estimate of drug-likeness (QED) is 0.759. The Balaban J connectivity index is 2.17. The smallest absolute Gasteiger partial charge is 0.329 e. The van der Waals surface area contributed by atoms with Crippen LogP contribution in [0.25, 0.3) is 0 Å². The van der Waals surface area contributed by atoms with Gasteiger partial charge in [-0.05, 0) is 12.8 Å². The summed E-state index contributed by atoms with van der Waals surface area (Å²) in [5.41, 5.74) is 0.247. The van der Waals surface area contributed by atoms with Gasteiger partial charge in [0.05, 0.1) is 5.56 Å². The van der Waals surface area contributed by atoms with Crippen LogP contribution in [0.4, 0.5) is 19.1 Å². The largest absolute Gasteiger partial charge is 0.406 e. The zero-order valence-corrected chi connectivity index (χ0v) is 8.81. The van der Waals surface area contributed by atoms with Gasteiger partial charge in [0, 0.05) is 18.4 Å². The molecular weight excluding hydrogens is 235 g/mol. The van der Waals surface area contributed by atoms with Crippen LogP contribution in [0.5, 0.6) is 0 Å². The maximum absolute atomic E-state index is 12.4. The summed E-state index contributed by atoms with van der Waals surface area (Å²) < 4.78 is 37.1. The van der Waals surface area contributed by atoms with Gasteiger partial charge in [-0.3, -0.25) is 4.79 Å². The fourth-order valence-electron chi connectivity index (χ4n) is 1.48. The molecule has 1 aliphatic rings. The zero-order chi connectivity index (χ0) is 12.5. The summed E-state index contributed by atoms with van der Waals surface area (Å²) in [6.07, 6.45) is 0.149. The second kappa shape index (κ2) is 4.31. The number of halogens is 3. The van der Waals surface area contributed by atoms with Crippen molar-refractivity contribution in [3.05, 3.63) is 18.0 Å². The second-order valence-electron chi connectivity index (χ2n) is 3.91. The van der Waals surface area contributed by atoms with Gasteiger partial charge >= 0.3 is 6.18 Å². The van der Waals surface area contributed by atoms with Gasteiger partial charge < -0.3 is 4.90 Å². The molecule has 0 unspecified atom stereocenters. The average Bonchev–Trinajstić information content (AvgIpc) is 3.09. The molecule has 1 fully saturated rings. The highest BCUT2D eigenvalue weighted by atomic mass is 19.4. The van der Waals surface area contributed by atoms with Crippen LogP contribution in [0.1, 0.15) is 23.2 Å². The van der Waals surface area contributed by atoms with E-state index in [1.807, 2.05) is 0 Å². The van der Waals surface area contributed by atoms with E-state index in [0.717, 1.165) is 17.7 Å². The number of aromatic nitrogens is 2. The van der Waals surface area contributed by atoms with E-state index in [2.05, 4.69) is 9.97 Å². The van der Waals surface area contributed by atoms with Crippen LogP contribution in [0.3, 0.4) is 0 Å². The molecule has 0 saturated heterocycles. The van der Waals surface area contributed by atoms with Crippen molar-refractivity contribution >= 4 is 12.2 Å². The van der Waals surface area contributed by atoms with Gasteiger partial charge in [-0.2, -0.15) is 13.2 Å². The molecule has 0 N–H and O–H groups in total. The SMILES string of the molecule is O=Cc1cnc(N(CC(F)(F)F)C2CC2)nc1. The van der Waals surface area contributed by atoms with Crippen LogP contribution >= 0.6 is 0 Å². The van der Waals surface area contributed by atoms with Gasteiger partial charge in [-0.25, -0.2) is 9.97 Å². The predicted octanol–water partition coefficient (Wildman–Crippen LogP) is 1.82. The first-order chi connectivity index (χ1) is 7.99. The molecule has 0 amide bonds. The normalized spacial score (nSPS) is 15.7. The molecule has 1 aliphatic carbocycles. The number of hydrogen-bond donors (Lipinski definition) is 0. The van der Waals surface area contributed by atoms with Crippen LogP contribution < -0.4 is 4.90 Å². The number of carbonyl (C=O) groups is 1. The van der Waals surface area contributed by atoms with Crippen molar-refractivity contribution in [1.29, 1.82) is 0 Å². The zero-order valence-electron chi connectivity index (χ0n) is 8.81. The average molecular weight is 245 g/mol. The van der Waals surface area contributed by atoms with Gasteiger partial charge in [0.25, 0.3) is 0 Å². The first-order valence-corrected chi connectivity index (χ1v) is 5.10. The fraction of sp³-hybridized carbons (Fsp3) is 0.500. The second-order valence-corrected chi connectivity index (χ2v) is 3.91. The van der Waals surface area contributed by atoms with E-state index in [9.17, 15) is 18.0 Å². The van der Waals surface area contributed by atoms with Crippen molar-refractivity contribution in [2.75, 3.05) is 11.4 Å². The molecule has 4 nitrogen and oxygen atoms in total. The first-order valence-electron chi connectivity index (χ1n) is 5.10. The highest BCUT2D eigenvalue weighted by molar-refractivity contribution is 5.73. The molecule has 0 aromatic carbocycles. The van der Waals surface area contributed by atoms with Crippen LogP contribution in [0.15, 0.2) is 12.4 Å². The van der Waals surface area contributed by atoms with Gasteiger partial charge in [-0.15, -0.1) is 0 Å². The third-order valence-electron chi connectivity index (χ3n) is 2.39. The van der Waals surface area contributed by atoms with Gasteiger partial charge in [0.1, 0.15) is 6.54 Å². The minimum atomic E-state index is -4.28. The predicted molar refractivity (Wildman–Crippen MR) is 53.8 cm³/mol. The van der Waals surface area contributed by atoms with E-state index < -0.39 is 12.7 Å². The Morgan fingerprint density at radius 1 is 1.35 bits per heavy atom. The van der Waals surface area contributed by atoms with Gasteiger partial charge in [0.2, 0.25) is 5.95 Å². The van der Waals surface area contributed by atoms with Crippen LogP contribution in [-0.4, -0.2) is 35.0 Å². The highest BCUT2D eigenvalue weighted by Gasteiger charge is 2.39. The Kier molecular flexibility index (Phi) is 2.99. The Morgan fingerprint density at radius 3 is 2.35 bits per heavy atom. The Hall–Kier alpha value is -1.66. The van der Waals surface area contributed by atoms with Crippen molar-refractivity contribution in [3.63, 3.8) is 0 Å². The number of carbonyl (C=O) groups excluding carboxylic acids is 1. The van der Waals surface area contributed by atoms with Crippen molar-refractivity contribution in [1.82, 2.24) is 9.97 Å². The molecule has 1 aromatic rings. The van der Waals surface area contributed by atoms with E-state index in [4.69, 9.17) is 0 Å². The summed E-state index contributed by atoms with van der Waals surface area (Å²) in [4.78, 5) is 19.1. The third-order valence-corrected chi connectivity index (χ3v) is 2.39. The number of aldehydes is 1. The standard InChI is InChI=1S/C10H10F3N3O/c11-10(12,13)6-16(8-1-2-8)9-14-3-7(5-17)4-15-9/h3-5,8H,1-2,6H2. The topological polar surface area (TPSA) is 46.1 Å². The molecule has 0 radical (unpaired) electrons. The number of rotatable bonds is 4. The highest BCUT2D eigenvalue weighted by Crippen LogP contribution is 2.32. The minimum Gasteiger partial charge on any atom is -0.329 e. The lowest BCUT2D eigenvalue weighted by molar-refractivity contribution is -0.120. The van der Waals surface area contributed by atoms with E-state index in [1.54, 1.807) is 0 Å². The van der Waals surface area contributed by atoms with Gasteiger partial charge in [-0.1, -0.05) is 0 Å². The van der Waals surface area contributed by atoms with Crippen LogP contribution in [0.2, 0.25) is 0 Å². The molecule has 7 heteroatoms. The summed E-state index contributed by atoms with van der Waals surface area (Å²) in [6.45, 7) is -1.06. The monoisotopic (exact) mass is 245 g/mol. The molecule has 2 rings (SSSR count). The van der Waals surface area contributed by atoms with Crippen molar-refractivity contribution < 1.29 is 18.0 Å². The molecule has 1 heterocycles.